The number of piperidine rings is 1. The molecule has 8 heteroatoms. The van der Waals surface area contributed by atoms with Crippen LogP contribution in [0.2, 0.25) is 0 Å². The van der Waals surface area contributed by atoms with E-state index in [2.05, 4.69) is 21.2 Å². The Morgan fingerprint density at radius 2 is 1.97 bits per heavy atom. The minimum absolute atomic E-state index is 0.0138. The van der Waals surface area contributed by atoms with Crippen LogP contribution in [0.25, 0.3) is 0 Å². The highest BCUT2D eigenvalue weighted by molar-refractivity contribution is 9.10. The summed E-state index contributed by atoms with van der Waals surface area (Å²) >= 11 is 3.53. The Labute approximate surface area is 192 Å². The Kier molecular flexibility index (Phi) is 7.62. The average molecular weight is 494 g/mol. The normalized spacial score (nSPS) is 21.9. The second-order valence-electron chi connectivity index (χ2n) is 9.34. The maximum absolute atomic E-state index is 13.3. The molecule has 1 aromatic carbocycles. The van der Waals surface area contributed by atoms with Crippen LogP contribution in [0.4, 0.5) is 4.79 Å². The van der Waals surface area contributed by atoms with Gasteiger partial charge in [0.2, 0.25) is 11.8 Å². The van der Waals surface area contributed by atoms with Gasteiger partial charge in [-0.1, -0.05) is 34.1 Å². The Morgan fingerprint density at radius 3 is 2.68 bits per heavy atom. The summed E-state index contributed by atoms with van der Waals surface area (Å²) in [4.78, 5) is 41.4. The van der Waals surface area contributed by atoms with Crippen LogP contribution in [0.1, 0.15) is 52.0 Å². The molecule has 0 aliphatic carbocycles. The number of nitrogens with zero attached hydrogens (tertiary/aromatic N) is 2. The molecule has 7 nitrogen and oxygen atoms in total. The third-order valence-corrected chi connectivity index (χ3v) is 6.45. The van der Waals surface area contributed by atoms with Gasteiger partial charge in [0.25, 0.3) is 0 Å². The molecular formula is C23H32BrN3O4. The number of carbonyl (C=O) groups excluding carboxylic acids is 3. The van der Waals surface area contributed by atoms with Crippen molar-refractivity contribution in [1.29, 1.82) is 0 Å². The van der Waals surface area contributed by atoms with E-state index in [-0.39, 0.29) is 17.7 Å². The first-order chi connectivity index (χ1) is 14.6. The van der Waals surface area contributed by atoms with Crippen molar-refractivity contribution in [3.05, 3.63) is 34.3 Å². The van der Waals surface area contributed by atoms with Gasteiger partial charge < -0.3 is 19.9 Å². The second-order valence-corrected chi connectivity index (χ2v) is 10.2. The van der Waals surface area contributed by atoms with E-state index in [1.807, 2.05) is 49.9 Å². The number of hydrogen-bond acceptors (Lipinski definition) is 4. The number of ether oxygens (including phenoxy) is 1. The summed E-state index contributed by atoms with van der Waals surface area (Å²) in [7, 11) is 0. The first-order valence-corrected chi connectivity index (χ1v) is 11.7. The van der Waals surface area contributed by atoms with Crippen LogP contribution in [0.15, 0.2) is 28.7 Å². The van der Waals surface area contributed by atoms with E-state index in [1.165, 1.54) is 0 Å². The summed E-state index contributed by atoms with van der Waals surface area (Å²) in [6.45, 7) is 7.66. The number of carbonyl (C=O) groups is 3. The van der Waals surface area contributed by atoms with Crippen molar-refractivity contribution in [2.75, 3.05) is 19.6 Å². The maximum atomic E-state index is 13.3. The molecule has 2 saturated heterocycles. The Hall–Kier alpha value is -2.09. The van der Waals surface area contributed by atoms with Crippen molar-refractivity contribution in [3.63, 3.8) is 0 Å². The zero-order valence-electron chi connectivity index (χ0n) is 18.5. The van der Waals surface area contributed by atoms with Gasteiger partial charge in [-0.3, -0.25) is 9.59 Å². The van der Waals surface area contributed by atoms with E-state index in [4.69, 9.17) is 4.74 Å². The third-order valence-electron chi connectivity index (χ3n) is 5.68. The lowest BCUT2D eigenvalue weighted by molar-refractivity contribution is -0.143. The van der Waals surface area contributed by atoms with Gasteiger partial charge in [0, 0.05) is 37.1 Å². The zero-order chi connectivity index (χ0) is 22.6. The molecule has 1 N–H and O–H groups in total. The molecular weight excluding hydrogens is 462 g/mol. The fraction of sp³-hybridized carbons (Fsp3) is 0.609. The molecule has 2 atom stereocenters. The molecule has 2 aliphatic heterocycles. The first-order valence-electron chi connectivity index (χ1n) is 10.9. The zero-order valence-corrected chi connectivity index (χ0v) is 20.1. The van der Waals surface area contributed by atoms with Crippen LogP contribution in [-0.4, -0.2) is 59.0 Å². The highest BCUT2D eigenvalue weighted by Crippen LogP contribution is 2.27. The van der Waals surface area contributed by atoms with Gasteiger partial charge in [-0.15, -0.1) is 0 Å². The lowest BCUT2D eigenvalue weighted by atomic mass is 9.97. The summed E-state index contributed by atoms with van der Waals surface area (Å²) in [6, 6.07) is 7.36. The van der Waals surface area contributed by atoms with E-state index < -0.39 is 17.7 Å². The lowest BCUT2D eigenvalue weighted by Gasteiger charge is -2.36. The summed E-state index contributed by atoms with van der Waals surface area (Å²) in [6.07, 6.45) is 2.36. The van der Waals surface area contributed by atoms with Crippen molar-refractivity contribution >= 4 is 33.8 Å². The van der Waals surface area contributed by atoms with Gasteiger partial charge in [0.15, 0.2) is 0 Å². The highest BCUT2D eigenvalue weighted by atomic mass is 79.9. The molecule has 3 amide bonds. The van der Waals surface area contributed by atoms with Crippen molar-refractivity contribution in [1.82, 2.24) is 15.1 Å². The largest absolute Gasteiger partial charge is 0.444 e. The topological polar surface area (TPSA) is 79.0 Å². The maximum Gasteiger partial charge on any atom is 0.407 e. The molecule has 0 aromatic heterocycles. The van der Waals surface area contributed by atoms with E-state index in [0.29, 0.717) is 39.0 Å². The van der Waals surface area contributed by atoms with Gasteiger partial charge in [-0.2, -0.15) is 0 Å². The monoisotopic (exact) mass is 493 g/mol. The lowest BCUT2D eigenvalue weighted by Crippen LogP contribution is -2.51. The second kappa shape index (κ2) is 10.0. The summed E-state index contributed by atoms with van der Waals surface area (Å²) in [5.41, 5.74) is 0.457. The number of rotatable bonds is 5. The van der Waals surface area contributed by atoms with Gasteiger partial charge in [0.05, 0.1) is 0 Å². The fourth-order valence-electron chi connectivity index (χ4n) is 4.18. The van der Waals surface area contributed by atoms with Crippen LogP contribution >= 0.6 is 15.9 Å². The van der Waals surface area contributed by atoms with Crippen molar-refractivity contribution < 1.29 is 19.1 Å². The smallest absolute Gasteiger partial charge is 0.407 e. The van der Waals surface area contributed by atoms with E-state index in [9.17, 15) is 14.4 Å². The summed E-state index contributed by atoms with van der Waals surface area (Å²) in [5, 5.41) is 2.82. The Bertz CT molecular complexity index is 823. The standard InChI is InChI=1S/C23H32BrN3O4/c1-23(2,3)31-22(30)25-13-16-7-6-12-26(14-16)21(29)19-10-11-20(28)27(19)15-17-8-4-5-9-18(17)24/h4-5,8-9,16,19H,6-7,10-15H2,1-3H3,(H,25,30)/t16-,19-/m0/s1. The number of alkyl carbamates (subject to hydrolysis) is 1. The molecule has 2 heterocycles. The van der Waals surface area contributed by atoms with Crippen molar-refractivity contribution in [2.24, 2.45) is 5.92 Å². The van der Waals surface area contributed by atoms with Gasteiger partial charge >= 0.3 is 6.09 Å². The molecule has 170 valence electrons. The van der Waals surface area contributed by atoms with Gasteiger partial charge in [-0.25, -0.2) is 4.79 Å². The predicted molar refractivity (Wildman–Crippen MR) is 121 cm³/mol. The molecule has 3 rings (SSSR count). The predicted octanol–water partition coefficient (Wildman–Crippen LogP) is 3.70. The molecule has 0 saturated carbocycles. The quantitative estimate of drug-likeness (QED) is 0.677. The first kappa shape index (κ1) is 23.6. The van der Waals surface area contributed by atoms with Crippen LogP contribution in [0.5, 0.6) is 0 Å². The summed E-state index contributed by atoms with van der Waals surface area (Å²) < 4.78 is 6.24. The Morgan fingerprint density at radius 1 is 1.23 bits per heavy atom. The van der Waals surface area contributed by atoms with Gasteiger partial charge in [-0.05, 0) is 57.6 Å². The molecule has 0 unspecified atom stereocenters. The van der Waals surface area contributed by atoms with E-state index >= 15 is 0 Å². The average Bonchev–Trinajstić information content (AvgIpc) is 3.07. The molecule has 0 bridgehead atoms. The van der Waals surface area contributed by atoms with Crippen molar-refractivity contribution in [2.45, 2.75) is 64.6 Å². The number of benzene rings is 1. The highest BCUT2D eigenvalue weighted by Gasteiger charge is 2.39. The molecule has 2 aliphatic rings. The molecule has 2 fully saturated rings. The number of nitrogens with one attached hydrogen (secondary N) is 1. The van der Waals surface area contributed by atoms with Crippen LogP contribution in [-0.2, 0) is 20.9 Å². The minimum Gasteiger partial charge on any atom is -0.444 e. The summed E-state index contributed by atoms with van der Waals surface area (Å²) in [5.74, 6) is 0.216. The number of halogens is 1. The van der Waals surface area contributed by atoms with E-state index in [0.717, 1.165) is 22.9 Å². The van der Waals surface area contributed by atoms with Crippen LogP contribution < -0.4 is 5.32 Å². The Balaban J connectivity index is 1.58. The fourth-order valence-corrected chi connectivity index (χ4v) is 4.59. The molecule has 31 heavy (non-hydrogen) atoms. The molecule has 1 aromatic rings. The number of amides is 3. The van der Waals surface area contributed by atoms with E-state index in [1.54, 1.807) is 4.90 Å². The molecule has 0 radical (unpaired) electrons. The number of hydrogen-bond donors (Lipinski definition) is 1. The van der Waals surface area contributed by atoms with Crippen LogP contribution in [0.3, 0.4) is 0 Å². The molecule has 0 spiro atoms. The van der Waals surface area contributed by atoms with Crippen LogP contribution in [0, 0.1) is 5.92 Å². The van der Waals surface area contributed by atoms with Gasteiger partial charge in [0.1, 0.15) is 11.6 Å². The van der Waals surface area contributed by atoms with Crippen molar-refractivity contribution in [3.8, 4) is 0 Å². The number of likely N-dealkylation sites (tertiary alicyclic amines) is 2. The third kappa shape index (κ3) is 6.45. The minimum atomic E-state index is -0.537. The SMILES string of the molecule is CC(C)(C)OC(=O)NC[C@@H]1CCCN(C(=O)[C@@H]2CCC(=O)N2Cc2ccccc2Br)C1.